The summed E-state index contributed by atoms with van der Waals surface area (Å²) in [5.41, 5.74) is 3.86. The first-order chi connectivity index (χ1) is 12.5. The van der Waals surface area contributed by atoms with Crippen molar-refractivity contribution in [1.82, 2.24) is 10.2 Å². The molecule has 2 aromatic rings. The second-order valence-corrected chi connectivity index (χ2v) is 7.98. The minimum absolute atomic E-state index is 0.0394. The number of fused-ring (bicyclic) bond motifs is 2. The van der Waals surface area contributed by atoms with Crippen LogP contribution in [0.5, 0.6) is 5.75 Å². The van der Waals surface area contributed by atoms with Gasteiger partial charge in [-0.05, 0) is 17.2 Å². The lowest BCUT2D eigenvalue weighted by Crippen LogP contribution is -2.47. The van der Waals surface area contributed by atoms with Crippen LogP contribution in [-0.4, -0.2) is 30.5 Å². The number of para-hydroxylation sites is 1. The summed E-state index contributed by atoms with van der Waals surface area (Å²) in [6.07, 6.45) is 0.817. The molecule has 0 bridgehead atoms. The molecule has 0 fully saturated rings. The molecule has 2 aliphatic rings. The van der Waals surface area contributed by atoms with Gasteiger partial charge in [0, 0.05) is 30.5 Å². The molecule has 0 spiro atoms. The van der Waals surface area contributed by atoms with Gasteiger partial charge in [-0.2, -0.15) is 0 Å². The van der Waals surface area contributed by atoms with E-state index >= 15 is 0 Å². The highest BCUT2D eigenvalue weighted by atomic mass is 16.5. The lowest BCUT2D eigenvalue weighted by atomic mass is 9.78. The van der Waals surface area contributed by atoms with Crippen molar-refractivity contribution in [2.75, 3.05) is 19.7 Å². The Labute approximate surface area is 155 Å². The fraction of sp³-hybridized carbons (Fsp3) is 0.409. The van der Waals surface area contributed by atoms with E-state index in [1.807, 2.05) is 24.3 Å². The Morgan fingerprint density at radius 2 is 1.96 bits per heavy atom. The third-order valence-corrected chi connectivity index (χ3v) is 5.42. The summed E-state index contributed by atoms with van der Waals surface area (Å²) in [4.78, 5) is 15.0. The number of rotatable bonds is 3. The van der Waals surface area contributed by atoms with Crippen molar-refractivity contribution < 1.29 is 9.53 Å². The van der Waals surface area contributed by atoms with E-state index in [2.05, 4.69) is 48.3 Å². The van der Waals surface area contributed by atoms with Crippen LogP contribution in [-0.2, 0) is 16.8 Å². The number of hydrogen-bond donors (Lipinski definition) is 1. The molecular formula is C22H26N2O2. The van der Waals surface area contributed by atoms with E-state index in [1.54, 1.807) is 0 Å². The topological polar surface area (TPSA) is 41.6 Å². The van der Waals surface area contributed by atoms with Crippen molar-refractivity contribution in [2.24, 2.45) is 0 Å². The highest BCUT2D eigenvalue weighted by molar-refractivity contribution is 5.78. The average molecular weight is 350 g/mol. The highest BCUT2D eigenvalue weighted by Gasteiger charge is 2.32. The van der Waals surface area contributed by atoms with Gasteiger partial charge >= 0.3 is 0 Å². The fourth-order valence-electron chi connectivity index (χ4n) is 4.31. The van der Waals surface area contributed by atoms with Gasteiger partial charge in [-0.15, -0.1) is 0 Å². The van der Waals surface area contributed by atoms with Crippen LogP contribution in [0.15, 0.2) is 48.5 Å². The van der Waals surface area contributed by atoms with Gasteiger partial charge in [0.1, 0.15) is 5.75 Å². The molecule has 2 heterocycles. The molecule has 2 aromatic carbocycles. The number of ether oxygens (including phenoxy) is 1. The van der Waals surface area contributed by atoms with Crippen LogP contribution in [0.1, 0.15) is 43.0 Å². The third kappa shape index (κ3) is 3.34. The van der Waals surface area contributed by atoms with E-state index in [0.29, 0.717) is 13.2 Å². The Balaban J connectivity index is 1.44. The molecule has 0 aromatic heterocycles. The van der Waals surface area contributed by atoms with E-state index in [-0.39, 0.29) is 17.4 Å². The number of hydrogen-bond acceptors (Lipinski definition) is 3. The van der Waals surface area contributed by atoms with Crippen molar-refractivity contribution >= 4 is 5.91 Å². The Bertz CT molecular complexity index is 815. The molecule has 2 aliphatic heterocycles. The highest BCUT2D eigenvalue weighted by Crippen LogP contribution is 2.34. The van der Waals surface area contributed by atoms with Gasteiger partial charge in [-0.3, -0.25) is 9.69 Å². The standard InChI is InChI=1S/C22H26N2O2/c1-22(2)15-24(13-16-7-3-5-9-18(16)22)14-21(25)23-19-11-12-26-20-10-6-4-8-17(19)20/h3-10,19H,11-15H2,1-2H3,(H,23,25). The predicted molar refractivity (Wildman–Crippen MR) is 102 cm³/mol. The van der Waals surface area contributed by atoms with Crippen LogP contribution in [0.3, 0.4) is 0 Å². The summed E-state index contributed by atoms with van der Waals surface area (Å²) in [6, 6.07) is 16.6. The summed E-state index contributed by atoms with van der Waals surface area (Å²) in [7, 11) is 0. The molecule has 4 heteroatoms. The second-order valence-electron chi connectivity index (χ2n) is 7.98. The van der Waals surface area contributed by atoms with Gasteiger partial charge < -0.3 is 10.1 Å². The molecule has 1 atom stereocenters. The van der Waals surface area contributed by atoms with E-state index < -0.39 is 0 Å². The van der Waals surface area contributed by atoms with Gasteiger partial charge in [0.25, 0.3) is 0 Å². The molecule has 1 N–H and O–H groups in total. The summed E-state index contributed by atoms with van der Waals surface area (Å²) in [5, 5.41) is 3.21. The summed E-state index contributed by atoms with van der Waals surface area (Å²) < 4.78 is 5.69. The molecule has 26 heavy (non-hydrogen) atoms. The predicted octanol–water partition coefficient (Wildman–Crippen LogP) is 3.42. The third-order valence-electron chi connectivity index (χ3n) is 5.42. The van der Waals surface area contributed by atoms with Crippen molar-refractivity contribution in [1.29, 1.82) is 0 Å². The Hall–Kier alpha value is -2.33. The van der Waals surface area contributed by atoms with Gasteiger partial charge in [-0.25, -0.2) is 0 Å². The number of carbonyl (C=O) groups is 1. The van der Waals surface area contributed by atoms with Crippen LogP contribution in [0.25, 0.3) is 0 Å². The maximum atomic E-state index is 12.7. The van der Waals surface area contributed by atoms with Crippen LogP contribution in [0.2, 0.25) is 0 Å². The molecule has 136 valence electrons. The van der Waals surface area contributed by atoms with Crippen molar-refractivity contribution in [3.8, 4) is 5.75 Å². The van der Waals surface area contributed by atoms with Crippen LogP contribution in [0, 0.1) is 0 Å². The number of benzene rings is 2. The monoisotopic (exact) mass is 350 g/mol. The van der Waals surface area contributed by atoms with Crippen LogP contribution in [0.4, 0.5) is 0 Å². The molecule has 4 nitrogen and oxygen atoms in total. The zero-order chi connectivity index (χ0) is 18.1. The number of nitrogens with one attached hydrogen (secondary N) is 1. The van der Waals surface area contributed by atoms with Crippen molar-refractivity contribution in [3.63, 3.8) is 0 Å². The quantitative estimate of drug-likeness (QED) is 0.922. The Morgan fingerprint density at radius 3 is 2.85 bits per heavy atom. The van der Waals surface area contributed by atoms with Crippen LogP contribution < -0.4 is 10.1 Å². The lowest BCUT2D eigenvalue weighted by molar-refractivity contribution is -0.123. The normalized spacial score (nSPS) is 21.2. The molecule has 0 aliphatic carbocycles. The lowest BCUT2D eigenvalue weighted by Gasteiger charge is -2.39. The number of carbonyl (C=O) groups excluding carboxylic acids is 1. The molecule has 1 unspecified atom stereocenters. The smallest absolute Gasteiger partial charge is 0.234 e. The average Bonchev–Trinajstić information content (AvgIpc) is 2.61. The van der Waals surface area contributed by atoms with Gasteiger partial charge in [0.2, 0.25) is 5.91 Å². The zero-order valence-electron chi connectivity index (χ0n) is 15.5. The van der Waals surface area contributed by atoms with Gasteiger partial charge in [-0.1, -0.05) is 56.3 Å². The molecule has 0 saturated carbocycles. The minimum atomic E-state index is 0.0394. The molecule has 0 saturated heterocycles. The Morgan fingerprint density at radius 1 is 1.19 bits per heavy atom. The maximum Gasteiger partial charge on any atom is 0.234 e. The van der Waals surface area contributed by atoms with Gasteiger partial charge in [0.05, 0.1) is 19.2 Å². The first kappa shape index (κ1) is 17.1. The molecule has 4 rings (SSSR count). The first-order valence-electron chi connectivity index (χ1n) is 9.35. The van der Waals surface area contributed by atoms with E-state index in [0.717, 1.165) is 30.8 Å². The number of nitrogens with zero attached hydrogens (tertiary/aromatic N) is 1. The SMILES string of the molecule is CC1(C)CN(CC(=O)NC2CCOc3ccccc32)Cc2ccccc21. The van der Waals surface area contributed by atoms with E-state index in [4.69, 9.17) is 4.74 Å². The second kappa shape index (κ2) is 6.76. The first-order valence-corrected chi connectivity index (χ1v) is 9.35. The molecule has 0 radical (unpaired) electrons. The fourth-order valence-corrected chi connectivity index (χ4v) is 4.31. The zero-order valence-corrected chi connectivity index (χ0v) is 15.5. The van der Waals surface area contributed by atoms with Gasteiger partial charge in [0.15, 0.2) is 0 Å². The minimum Gasteiger partial charge on any atom is -0.493 e. The van der Waals surface area contributed by atoms with Crippen LogP contribution >= 0.6 is 0 Å². The van der Waals surface area contributed by atoms with E-state index in [1.165, 1.54) is 11.1 Å². The molecular weight excluding hydrogens is 324 g/mol. The summed E-state index contributed by atoms with van der Waals surface area (Å²) in [5.74, 6) is 0.971. The number of amides is 1. The maximum absolute atomic E-state index is 12.7. The summed E-state index contributed by atoms with van der Waals surface area (Å²) in [6.45, 7) is 7.30. The summed E-state index contributed by atoms with van der Waals surface area (Å²) >= 11 is 0. The Kier molecular flexibility index (Phi) is 4.45. The van der Waals surface area contributed by atoms with Crippen molar-refractivity contribution in [2.45, 2.75) is 38.3 Å². The van der Waals surface area contributed by atoms with Crippen molar-refractivity contribution in [3.05, 3.63) is 65.2 Å². The van der Waals surface area contributed by atoms with E-state index in [9.17, 15) is 4.79 Å². The largest absolute Gasteiger partial charge is 0.493 e. The molecule has 1 amide bonds.